The molecule has 2 amide bonds. The molecule has 0 unspecified atom stereocenters. The average Bonchev–Trinajstić information content (AvgIpc) is 2.69. The van der Waals surface area contributed by atoms with Crippen molar-refractivity contribution in [2.45, 2.75) is 38.0 Å². The fraction of sp³-hybridized carbons (Fsp3) is 0.333. The van der Waals surface area contributed by atoms with E-state index in [1.165, 1.54) is 6.07 Å². The molecule has 2 aromatic carbocycles. The summed E-state index contributed by atoms with van der Waals surface area (Å²) >= 11 is 0. The minimum atomic E-state index is -4.16. The fourth-order valence-corrected chi connectivity index (χ4v) is 4.52. The van der Waals surface area contributed by atoms with Gasteiger partial charge in [-0.1, -0.05) is 12.1 Å². The highest BCUT2D eigenvalue weighted by molar-refractivity contribution is 7.92. The summed E-state index contributed by atoms with van der Waals surface area (Å²) in [5, 5.41) is 2.54. The van der Waals surface area contributed by atoms with Gasteiger partial charge in [0, 0.05) is 30.9 Å². The molecule has 9 heteroatoms. The smallest absolute Gasteiger partial charge is 0.264 e. The molecular weight excluding hydrogens is 409 g/mol. The molecule has 0 saturated heterocycles. The van der Waals surface area contributed by atoms with Crippen LogP contribution in [0.1, 0.15) is 31.4 Å². The molecule has 0 saturated carbocycles. The van der Waals surface area contributed by atoms with Gasteiger partial charge >= 0.3 is 0 Å². The van der Waals surface area contributed by atoms with E-state index in [9.17, 15) is 22.4 Å². The Bertz CT molecular complexity index is 1060. The molecule has 0 bridgehead atoms. The molecule has 0 fully saturated rings. The summed E-state index contributed by atoms with van der Waals surface area (Å²) in [6, 6.07) is 8.69. The predicted molar refractivity (Wildman–Crippen MR) is 112 cm³/mol. The zero-order chi connectivity index (χ0) is 21.9. The van der Waals surface area contributed by atoms with Gasteiger partial charge in [0.2, 0.25) is 11.8 Å². The number of anilines is 2. The number of likely N-dealkylation sites (N-methyl/N-ethyl adjacent to an activating group) is 1. The summed E-state index contributed by atoms with van der Waals surface area (Å²) in [5.41, 5.74) is 1.89. The van der Waals surface area contributed by atoms with Crippen LogP contribution in [0.2, 0.25) is 0 Å². The number of carbonyl (C=O) groups is 2. The van der Waals surface area contributed by atoms with Crippen molar-refractivity contribution in [2.24, 2.45) is 0 Å². The lowest BCUT2D eigenvalue weighted by atomic mass is 10.0. The van der Waals surface area contributed by atoms with Gasteiger partial charge in [-0.3, -0.25) is 14.3 Å². The zero-order valence-corrected chi connectivity index (χ0v) is 17.7. The van der Waals surface area contributed by atoms with Crippen LogP contribution in [0, 0.1) is 5.82 Å². The lowest BCUT2D eigenvalue weighted by Crippen LogP contribution is -2.31. The van der Waals surface area contributed by atoms with E-state index in [2.05, 4.69) is 10.0 Å². The third-order valence-corrected chi connectivity index (χ3v) is 6.42. The Kier molecular flexibility index (Phi) is 6.40. The second-order valence-electron chi connectivity index (χ2n) is 7.03. The van der Waals surface area contributed by atoms with Crippen LogP contribution in [0.4, 0.5) is 15.8 Å². The Hall–Kier alpha value is -2.94. The van der Waals surface area contributed by atoms with Gasteiger partial charge in [0.15, 0.2) is 0 Å². The van der Waals surface area contributed by atoms with Crippen molar-refractivity contribution in [3.63, 3.8) is 0 Å². The predicted octanol–water partition coefficient (Wildman–Crippen LogP) is 2.92. The van der Waals surface area contributed by atoms with Crippen LogP contribution in [-0.4, -0.2) is 38.2 Å². The molecule has 2 aromatic rings. The molecule has 1 aliphatic heterocycles. The van der Waals surface area contributed by atoms with E-state index in [0.29, 0.717) is 30.8 Å². The first-order chi connectivity index (χ1) is 14.2. The maximum Gasteiger partial charge on any atom is 0.264 e. The normalized spacial score (nSPS) is 13.4. The molecule has 160 valence electrons. The number of rotatable bonds is 7. The monoisotopic (exact) mass is 433 g/mol. The van der Waals surface area contributed by atoms with Gasteiger partial charge in [-0.25, -0.2) is 12.8 Å². The largest absolute Gasteiger partial charge is 0.343 e. The molecule has 3 rings (SSSR count). The van der Waals surface area contributed by atoms with Crippen molar-refractivity contribution < 1.29 is 22.4 Å². The Morgan fingerprint density at radius 1 is 1.13 bits per heavy atom. The number of nitrogens with one attached hydrogen (secondary N) is 2. The van der Waals surface area contributed by atoms with Gasteiger partial charge in [-0.05, 0) is 55.7 Å². The number of hydrogen-bond donors (Lipinski definition) is 2. The van der Waals surface area contributed by atoms with Gasteiger partial charge < -0.3 is 10.2 Å². The summed E-state index contributed by atoms with van der Waals surface area (Å²) in [7, 11) is -4.16. The molecule has 0 radical (unpaired) electrons. The van der Waals surface area contributed by atoms with Crippen molar-refractivity contribution in [2.75, 3.05) is 23.1 Å². The lowest BCUT2D eigenvalue weighted by Gasteiger charge is -2.19. The van der Waals surface area contributed by atoms with Crippen LogP contribution in [0.5, 0.6) is 0 Å². The van der Waals surface area contributed by atoms with Crippen molar-refractivity contribution in [1.29, 1.82) is 0 Å². The van der Waals surface area contributed by atoms with Crippen molar-refractivity contribution in [1.82, 2.24) is 4.90 Å². The van der Waals surface area contributed by atoms with Gasteiger partial charge in [0.25, 0.3) is 10.0 Å². The number of amides is 2. The van der Waals surface area contributed by atoms with Gasteiger partial charge in [-0.15, -0.1) is 0 Å². The Labute approximate surface area is 175 Å². The topological polar surface area (TPSA) is 95.6 Å². The van der Waals surface area contributed by atoms with Crippen molar-refractivity contribution >= 4 is 33.2 Å². The van der Waals surface area contributed by atoms with Gasteiger partial charge in [0.05, 0.1) is 6.42 Å². The first-order valence-corrected chi connectivity index (χ1v) is 11.2. The van der Waals surface area contributed by atoms with Crippen LogP contribution in [-0.2, 0) is 32.5 Å². The van der Waals surface area contributed by atoms with E-state index in [-0.39, 0.29) is 30.3 Å². The van der Waals surface area contributed by atoms with Gasteiger partial charge in [0.1, 0.15) is 10.7 Å². The van der Waals surface area contributed by atoms with Crippen molar-refractivity contribution in [3.05, 3.63) is 53.3 Å². The molecule has 0 aromatic heterocycles. The molecule has 2 N–H and O–H groups in total. The first kappa shape index (κ1) is 21.8. The molecular formula is C21H24FN3O4S. The lowest BCUT2D eigenvalue weighted by molar-refractivity contribution is -0.130. The van der Waals surface area contributed by atoms with E-state index < -0.39 is 20.7 Å². The van der Waals surface area contributed by atoms with E-state index in [0.717, 1.165) is 11.6 Å². The molecule has 0 spiro atoms. The number of sulfonamides is 1. The number of nitrogens with zero attached hydrogens (tertiary/aromatic N) is 1. The molecule has 7 nitrogen and oxygen atoms in total. The van der Waals surface area contributed by atoms with E-state index in [1.807, 2.05) is 13.8 Å². The number of hydrogen-bond acceptors (Lipinski definition) is 4. The third-order valence-electron chi connectivity index (χ3n) is 5.02. The van der Waals surface area contributed by atoms with Crippen molar-refractivity contribution in [3.8, 4) is 0 Å². The zero-order valence-electron chi connectivity index (χ0n) is 16.9. The Balaban J connectivity index is 1.76. The number of aryl methyl sites for hydroxylation is 1. The molecule has 0 atom stereocenters. The minimum Gasteiger partial charge on any atom is -0.343 e. The summed E-state index contributed by atoms with van der Waals surface area (Å²) in [4.78, 5) is 24.9. The van der Waals surface area contributed by atoms with E-state index in [1.54, 1.807) is 29.2 Å². The number of benzene rings is 2. The van der Waals surface area contributed by atoms with Crippen LogP contribution in [0.3, 0.4) is 0 Å². The first-order valence-electron chi connectivity index (χ1n) is 9.75. The Morgan fingerprint density at radius 2 is 1.80 bits per heavy atom. The van der Waals surface area contributed by atoms with E-state index in [4.69, 9.17) is 0 Å². The maximum atomic E-state index is 14.4. The summed E-state index contributed by atoms with van der Waals surface area (Å²) in [5.74, 6) is -1.17. The van der Waals surface area contributed by atoms with Crippen LogP contribution >= 0.6 is 0 Å². The number of fused-ring (bicyclic) bond motifs is 1. The minimum absolute atomic E-state index is 0.00319. The maximum absolute atomic E-state index is 14.4. The van der Waals surface area contributed by atoms with Crippen LogP contribution in [0.15, 0.2) is 41.3 Å². The highest BCUT2D eigenvalue weighted by Crippen LogP contribution is 2.29. The Morgan fingerprint density at radius 3 is 2.43 bits per heavy atom. The van der Waals surface area contributed by atoms with E-state index >= 15 is 0 Å². The second kappa shape index (κ2) is 8.83. The van der Waals surface area contributed by atoms with Crippen LogP contribution in [0.25, 0.3) is 0 Å². The second-order valence-corrected chi connectivity index (χ2v) is 8.68. The fourth-order valence-electron chi connectivity index (χ4n) is 3.35. The molecule has 1 aliphatic rings. The standard InChI is InChI=1S/C21H24FN3O4S/c1-3-25(4-2)21(27)11-14-5-8-16(9-6-14)24-30(28,29)19-12-15-7-10-20(26)23-18(15)13-17(19)22/h5-6,8-9,12-13,24H,3-4,7,10-11H2,1-2H3,(H,23,26). The highest BCUT2D eigenvalue weighted by Gasteiger charge is 2.24. The summed E-state index contributed by atoms with van der Waals surface area (Å²) in [6.45, 7) is 5.08. The average molecular weight is 434 g/mol. The quantitative estimate of drug-likeness (QED) is 0.702. The SMILES string of the molecule is CCN(CC)C(=O)Cc1ccc(NS(=O)(=O)c2cc3c(cc2F)NC(=O)CC3)cc1. The summed E-state index contributed by atoms with van der Waals surface area (Å²) < 4.78 is 42.2. The third kappa shape index (κ3) is 4.79. The molecule has 0 aliphatic carbocycles. The molecule has 1 heterocycles. The number of halogens is 1. The van der Waals surface area contributed by atoms with Gasteiger partial charge in [-0.2, -0.15) is 0 Å². The molecule has 30 heavy (non-hydrogen) atoms. The highest BCUT2D eigenvalue weighted by atomic mass is 32.2. The number of carbonyl (C=O) groups excluding carboxylic acids is 2. The van der Waals surface area contributed by atoms with Crippen LogP contribution < -0.4 is 10.0 Å². The summed E-state index contributed by atoms with van der Waals surface area (Å²) in [6.07, 6.45) is 0.790.